The van der Waals surface area contributed by atoms with Gasteiger partial charge in [0.15, 0.2) is 0 Å². The highest BCUT2D eigenvalue weighted by Crippen LogP contribution is 2.14. The van der Waals surface area contributed by atoms with Gasteiger partial charge in [0.2, 0.25) is 0 Å². The molecule has 1 amide bonds. The maximum absolute atomic E-state index is 12.5. The number of carbonyl (C=O) groups excluding carboxylic acids is 1. The number of nitrogens with zero attached hydrogens (tertiary/aromatic N) is 1. The molecule has 4 nitrogen and oxygen atoms in total. The summed E-state index contributed by atoms with van der Waals surface area (Å²) in [6.45, 7) is 5.83. The molecule has 1 aromatic carbocycles. The molecule has 1 saturated heterocycles. The molecule has 4 heteroatoms. The van der Waals surface area contributed by atoms with Crippen molar-refractivity contribution in [1.82, 2.24) is 4.90 Å². The number of hydrogen-bond donors (Lipinski definition) is 1. The minimum Gasteiger partial charge on any atom is -0.395 e. The Hall–Kier alpha value is -1.83. The Labute approximate surface area is 125 Å². The number of rotatable bonds is 2. The van der Waals surface area contributed by atoms with Crippen molar-refractivity contribution in [3.8, 4) is 11.8 Å². The highest BCUT2D eigenvalue weighted by molar-refractivity contribution is 5.94. The fraction of sp³-hybridized carbons (Fsp3) is 0.471. The number of ether oxygens (including phenoxy) is 1. The molecule has 0 radical (unpaired) electrons. The Kier molecular flexibility index (Phi) is 5.38. The van der Waals surface area contributed by atoms with E-state index in [2.05, 4.69) is 11.8 Å². The third kappa shape index (κ3) is 4.07. The molecule has 1 atom stereocenters. The number of aliphatic hydroxyl groups excluding tert-OH is 1. The lowest BCUT2D eigenvalue weighted by molar-refractivity contribution is -0.0124. The predicted octanol–water partition coefficient (Wildman–Crippen LogP) is 1.59. The number of hydrogen-bond acceptors (Lipinski definition) is 3. The summed E-state index contributed by atoms with van der Waals surface area (Å²) in [5, 5.41) is 8.78. The number of aryl methyl sites for hydroxylation is 1. The lowest BCUT2D eigenvalue weighted by atomic mass is 10.0. The second kappa shape index (κ2) is 7.26. The van der Waals surface area contributed by atoms with Gasteiger partial charge in [-0.1, -0.05) is 17.9 Å². The van der Waals surface area contributed by atoms with Crippen molar-refractivity contribution in [2.75, 3.05) is 26.3 Å². The van der Waals surface area contributed by atoms with Gasteiger partial charge < -0.3 is 14.7 Å². The van der Waals surface area contributed by atoms with Crippen LogP contribution in [-0.2, 0) is 4.74 Å². The number of benzene rings is 1. The van der Waals surface area contributed by atoms with Crippen molar-refractivity contribution in [2.24, 2.45) is 0 Å². The highest BCUT2D eigenvalue weighted by atomic mass is 16.5. The zero-order valence-corrected chi connectivity index (χ0v) is 12.6. The lowest BCUT2D eigenvalue weighted by Gasteiger charge is -2.31. The van der Waals surface area contributed by atoms with Crippen LogP contribution in [0.1, 0.15) is 34.8 Å². The van der Waals surface area contributed by atoms with Crippen molar-refractivity contribution < 1.29 is 14.6 Å². The summed E-state index contributed by atoms with van der Waals surface area (Å²) >= 11 is 0. The molecule has 1 aliphatic heterocycles. The van der Waals surface area contributed by atoms with E-state index < -0.39 is 0 Å². The van der Waals surface area contributed by atoms with Crippen LogP contribution in [-0.4, -0.2) is 48.3 Å². The van der Waals surface area contributed by atoms with Crippen molar-refractivity contribution >= 4 is 5.91 Å². The second-order valence-electron chi connectivity index (χ2n) is 5.24. The number of carbonyl (C=O) groups is 1. The van der Waals surface area contributed by atoms with Gasteiger partial charge >= 0.3 is 0 Å². The van der Waals surface area contributed by atoms with Gasteiger partial charge in [0.1, 0.15) is 0 Å². The van der Waals surface area contributed by atoms with E-state index in [4.69, 9.17) is 9.84 Å². The van der Waals surface area contributed by atoms with Gasteiger partial charge in [-0.3, -0.25) is 4.79 Å². The molecule has 2 rings (SSSR count). The van der Waals surface area contributed by atoms with Crippen LogP contribution in [0.15, 0.2) is 18.2 Å². The second-order valence-corrected chi connectivity index (χ2v) is 5.24. The molecule has 1 aliphatic rings. The van der Waals surface area contributed by atoms with E-state index in [0.717, 1.165) is 11.1 Å². The predicted molar refractivity (Wildman–Crippen MR) is 81.1 cm³/mol. The molecular weight excluding hydrogens is 266 g/mol. The third-order valence-electron chi connectivity index (χ3n) is 3.47. The van der Waals surface area contributed by atoms with Crippen LogP contribution < -0.4 is 0 Å². The normalized spacial score (nSPS) is 18.0. The van der Waals surface area contributed by atoms with Crippen molar-refractivity contribution in [1.29, 1.82) is 0 Å². The number of morpholine rings is 1. The molecule has 1 unspecified atom stereocenters. The van der Waals surface area contributed by atoms with E-state index in [1.807, 2.05) is 36.9 Å². The summed E-state index contributed by atoms with van der Waals surface area (Å²) in [6, 6.07) is 5.59. The van der Waals surface area contributed by atoms with Crippen LogP contribution in [0, 0.1) is 18.8 Å². The molecule has 0 spiro atoms. The zero-order chi connectivity index (χ0) is 15.2. The maximum Gasteiger partial charge on any atom is 0.254 e. The first-order valence-corrected chi connectivity index (χ1v) is 7.23. The van der Waals surface area contributed by atoms with Crippen LogP contribution in [0.5, 0.6) is 0 Å². The van der Waals surface area contributed by atoms with Crippen LogP contribution >= 0.6 is 0 Å². The summed E-state index contributed by atoms with van der Waals surface area (Å²) in [5.74, 6) is 5.94. The maximum atomic E-state index is 12.5. The first kappa shape index (κ1) is 15.6. The lowest BCUT2D eigenvalue weighted by Crippen LogP contribution is -2.44. The third-order valence-corrected chi connectivity index (χ3v) is 3.47. The summed E-state index contributed by atoms with van der Waals surface area (Å²) < 4.78 is 5.46. The molecule has 1 heterocycles. The van der Waals surface area contributed by atoms with E-state index in [9.17, 15) is 4.79 Å². The molecule has 112 valence electrons. The van der Waals surface area contributed by atoms with Crippen molar-refractivity contribution in [3.63, 3.8) is 0 Å². The van der Waals surface area contributed by atoms with Gasteiger partial charge in [-0.25, -0.2) is 0 Å². The highest BCUT2D eigenvalue weighted by Gasteiger charge is 2.22. The summed E-state index contributed by atoms with van der Waals surface area (Å²) in [4.78, 5) is 14.3. The largest absolute Gasteiger partial charge is 0.395 e. The van der Waals surface area contributed by atoms with E-state index in [-0.39, 0.29) is 18.6 Å². The molecular formula is C17H21NO3. The molecule has 0 aliphatic carbocycles. The average molecular weight is 287 g/mol. The van der Waals surface area contributed by atoms with Gasteiger partial charge in [-0.05, 0) is 31.5 Å². The van der Waals surface area contributed by atoms with E-state index in [0.29, 0.717) is 31.7 Å². The fourth-order valence-electron chi connectivity index (χ4n) is 2.29. The van der Waals surface area contributed by atoms with Gasteiger partial charge in [-0.15, -0.1) is 0 Å². The van der Waals surface area contributed by atoms with Gasteiger partial charge in [-0.2, -0.15) is 0 Å². The van der Waals surface area contributed by atoms with Crippen molar-refractivity contribution in [3.05, 3.63) is 34.9 Å². The van der Waals surface area contributed by atoms with Crippen LogP contribution in [0.3, 0.4) is 0 Å². The standard InChI is InChI=1S/C17H21NO3/c1-13-6-7-16(11-15(13)5-3-4-9-19)17(20)18-8-10-21-14(2)12-18/h6-7,11,14,19H,4,8-10,12H2,1-2H3. The summed E-state index contributed by atoms with van der Waals surface area (Å²) in [7, 11) is 0. The molecule has 0 aromatic heterocycles. The zero-order valence-electron chi connectivity index (χ0n) is 12.6. The van der Waals surface area contributed by atoms with Gasteiger partial charge in [0, 0.05) is 30.6 Å². The number of amides is 1. The first-order valence-electron chi connectivity index (χ1n) is 7.23. The fourth-order valence-corrected chi connectivity index (χ4v) is 2.29. The number of aliphatic hydroxyl groups is 1. The summed E-state index contributed by atoms with van der Waals surface area (Å²) in [5.41, 5.74) is 2.53. The van der Waals surface area contributed by atoms with Crippen LogP contribution in [0.4, 0.5) is 0 Å². The summed E-state index contributed by atoms with van der Waals surface area (Å²) in [6.07, 6.45) is 0.524. The van der Waals surface area contributed by atoms with E-state index in [1.165, 1.54) is 0 Å². The van der Waals surface area contributed by atoms with Gasteiger partial charge in [0.25, 0.3) is 5.91 Å². The molecule has 1 fully saturated rings. The minimum absolute atomic E-state index is 0.0235. The molecule has 1 N–H and O–H groups in total. The van der Waals surface area contributed by atoms with Gasteiger partial charge in [0.05, 0.1) is 19.3 Å². The minimum atomic E-state index is 0.0235. The van der Waals surface area contributed by atoms with Crippen LogP contribution in [0.2, 0.25) is 0 Å². The Balaban J connectivity index is 2.18. The topological polar surface area (TPSA) is 49.8 Å². The molecule has 21 heavy (non-hydrogen) atoms. The average Bonchev–Trinajstić information content (AvgIpc) is 2.48. The Morgan fingerprint density at radius 3 is 3.05 bits per heavy atom. The Morgan fingerprint density at radius 1 is 1.52 bits per heavy atom. The molecule has 0 bridgehead atoms. The van der Waals surface area contributed by atoms with Crippen molar-refractivity contribution in [2.45, 2.75) is 26.4 Å². The SMILES string of the molecule is Cc1ccc(C(=O)N2CCOC(C)C2)cc1C#CCCO. The molecule has 0 saturated carbocycles. The van der Waals surface area contributed by atoms with Crippen LogP contribution in [0.25, 0.3) is 0 Å². The molecule has 1 aromatic rings. The monoisotopic (exact) mass is 287 g/mol. The quantitative estimate of drug-likeness (QED) is 0.840. The Bertz CT molecular complexity index is 571. The van der Waals surface area contributed by atoms with E-state index in [1.54, 1.807) is 0 Å². The van der Waals surface area contributed by atoms with E-state index >= 15 is 0 Å². The Morgan fingerprint density at radius 2 is 2.33 bits per heavy atom. The smallest absolute Gasteiger partial charge is 0.254 e. The first-order chi connectivity index (χ1) is 10.1.